The first-order valence-corrected chi connectivity index (χ1v) is 12.7. The third-order valence-corrected chi connectivity index (χ3v) is 6.84. The highest BCUT2D eigenvalue weighted by atomic mass is 16.5. The van der Waals surface area contributed by atoms with Gasteiger partial charge in [-0.2, -0.15) is 0 Å². The summed E-state index contributed by atoms with van der Waals surface area (Å²) in [6.07, 6.45) is 0.559. The highest BCUT2D eigenvalue weighted by molar-refractivity contribution is 6.09. The molecule has 0 N–H and O–H groups in total. The summed E-state index contributed by atoms with van der Waals surface area (Å²) in [4.78, 5) is 31.2. The van der Waals surface area contributed by atoms with Crippen LogP contribution in [-0.2, 0) is 4.79 Å². The number of carbonyl (C=O) groups is 2. The van der Waals surface area contributed by atoms with Gasteiger partial charge in [0.2, 0.25) is 0 Å². The van der Waals surface area contributed by atoms with Gasteiger partial charge in [0.15, 0.2) is 6.61 Å². The molecule has 1 aliphatic rings. The van der Waals surface area contributed by atoms with Gasteiger partial charge >= 0.3 is 0 Å². The zero-order valence-electron chi connectivity index (χ0n) is 21.5. The molecule has 192 valence electrons. The predicted molar refractivity (Wildman–Crippen MR) is 149 cm³/mol. The van der Waals surface area contributed by atoms with Gasteiger partial charge in [-0.15, -0.1) is 0 Å². The quantitative estimate of drug-likeness (QED) is 0.296. The summed E-state index contributed by atoms with van der Waals surface area (Å²) in [6, 6.07) is 33.6. The molecule has 0 unspecified atom stereocenters. The Bertz CT molecular complexity index is 1410. The molecule has 0 aromatic heterocycles. The van der Waals surface area contributed by atoms with Crippen molar-refractivity contribution in [3.63, 3.8) is 0 Å². The molecular formula is C32H30N2O4. The van der Waals surface area contributed by atoms with Crippen LogP contribution in [0.5, 0.6) is 11.5 Å². The fraction of sp³-hybridized carbons (Fsp3) is 0.188. The lowest BCUT2D eigenvalue weighted by atomic mass is 9.89. The van der Waals surface area contributed by atoms with Crippen LogP contribution in [0.1, 0.15) is 35.3 Å². The molecule has 0 aliphatic carbocycles. The summed E-state index contributed by atoms with van der Waals surface area (Å²) in [6.45, 7) is 1.92. The molecule has 0 saturated heterocycles. The van der Waals surface area contributed by atoms with E-state index in [1.165, 1.54) is 0 Å². The Balaban J connectivity index is 1.52. The van der Waals surface area contributed by atoms with Crippen LogP contribution in [0.4, 0.5) is 11.4 Å². The number of anilines is 2. The number of rotatable bonds is 7. The molecule has 0 spiro atoms. The number of hydrogen-bond donors (Lipinski definition) is 0. The Labute approximate surface area is 223 Å². The third-order valence-electron chi connectivity index (χ3n) is 6.84. The lowest BCUT2D eigenvalue weighted by Gasteiger charge is -2.43. The van der Waals surface area contributed by atoms with Crippen molar-refractivity contribution in [1.82, 2.24) is 0 Å². The maximum atomic E-state index is 13.8. The molecule has 4 aromatic rings. The molecule has 1 aliphatic heterocycles. The van der Waals surface area contributed by atoms with E-state index in [2.05, 4.69) is 0 Å². The second-order valence-electron chi connectivity index (χ2n) is 9.24. The maximum absolute atomic E-state index is 13.8. The van der Waals surface area contributed by atoms with E-state index >= 15 is 0 Å². The summed E-state index contributed by atoms with van der Waals surface area (Å²) in [5.41, 5.74) is 2.98. The topological polar surface area (TPSA) is 59.1 Å². The normalized spacial score (nSPS) is 16.3. The standard InChI is InChI=1S/C32H30N2O4/c1-23-21-29(34(24-13-5-3-6-14-24)31(35)22-38-25-15-7-4-8-16-25)26-17-9-11-19-28(26)33(23)32(36)27-18-10-12-20-30(27)37-2/h3-20,23,29H,21-22H2,1-2H3/t23-,29-/m0/s1. The summed E-state index contributed by atoms with van der Waals surface area (Å²) in [5.74, 6) is 0.880. The van der Waals surface area contributed by atoms with Crippen molar-refractivity contribution in [3.05, 3.63) is 120 Å². The number of methoxy groups -OCH3 is 1. The van der Waals surface area contributed by atoms with E-state index in [0.29, 0.717) is 23.5 Å². The molecule has 4 aromatic carbocycles. The highest BCUT2D eigenvalue weighted by Gasteiger charge is 2.39. The summed E-state index contributed by atoms with van der Waals surface area (Å²) < 4.78 is 11.3. The van der Waals surface area contributed by atoms with E-state index in [1.54, 1.807) is 19.2 Å². The first-order chi connectivity index (χ1) is 18.6. The fourth-order valence-electron chi connectivity index (χ4n) is 5.10. The number of para-hydroxylation sites is 4. The Morgan fingerprint density at radius 1 is 0.842 bits per heavy atom. The minimum atomic E-state index is -0.280. The van der Waals surface area contributed by atoms with Gasteiger partial charge in [-0.25, -0.2) is 0 Å². The predicted octanol–water partition coefficient (Wildman–Crippen LogP) is 6.29. The Morgan fingerprint density at radius 2 is 1.47 bits per heavy atom. The molecule has 38 heavy (non-hydrogen) atoms. The number of carbonyl (C=O) groups excluding carboxylic acids is 2. The largest absolute Gasteiger partial charge is 0.496 e. The second-order valence-corrected chi connectivity index (χ2v) is 9.24. The number of nitrogens with zero attached hydrogens (tertiary/aromatic N) is 2. The van der Waals surface area contributed by atoms with E-state index in [1.807, 2.05) is 114 Å². The van der Waals surface area contributed by atoms with Crippen molar-refractivity contribution in [1.29, 1.82) is 0 Å². The van der Waals surface area contributed by atoms with Crippen molar-refractivity contribution >= 4 is 23.2 Å². The van der Waals surface area contributed by atoms with Crippen LogP contribution in [0, 0.1) is 0 Å². The van der Waals surface area contributed by atoms with Gasteiger partial charge in [-0.05, 0) is 61.4 Å². The number of ether oxygens (including phenoxy) is 2. The van der Waals surface area contributed by atoms with Gasteiger partial charge in [0.1, 0.15) is 11.5 Å². The van der Waals surface area contributed by atoms with E-state index < -0.39 is 0 Å². The molecule has 0 fully saturated rings. The van der Waals surface area contributed by atoms with Crippen LogP contribution < -0.4 is 19.3 Å². The molecule has 6 nitrogen and oxygen atoms in total. The monoisotopic (exact) mass is 506 g/mol. The number of benzene rings is 4. The van der Waals surface area contributed by atoms with Gasteiger partial charge in [-0.1, -0.05) is 66.7 Å². The molecule has 2 atom stereocenters. The van der Waals surface area contributed by atoms with Gasteiger partial charge in [0, 0.05) is 17.4 Å². The number of hydrogen-bond acceptors (Lipinski definition) is 4. The highest BCUT2D eigenvalue weighted by Crippen LogP contribution is 2.43. The average Bonchev–Trinajstić information content (AvgIpc) is 2.97. The molecule has 0 bridgehead atoms. The molecule has 6 heteroatoms. The maximum Gasteiger partial charge on any atom is 0.265 e. The van der Waals surface area contributed by atoms with Crippen molar-refractivity contribution < 1.29 is 19.1 Å². The Hall–Kier alpha value is -4.58. The van der Waals surface area contributed by atoms with Crippen LogP contribution in [0.15, 0.2) is 109 Å². The van der Waals surface area contributed by atoms with E-state index in [-0.39, 0.29) is 30.5 Å². The van der Waals surface area contributed by atoms with Crippen molar-refractivity contribution in [2.75, 3.05) is 23.5 Å². The van der Waals surface area contributed by atoms with Gasteiger partial charge in [0.05, 0.1) is 18.7 Å². The van der Waals surface area contributed by atoms with Crippen molar-refractivity contribution in [2.24, 2.45) is 0 Å². The molecule has 5 rings (SSSR count). The lowest BCUT2D eigenvalue weighted by molar-refractivity contribution is -0.121. The van der Waals surface area contributed by atoms with Gasteiger partial charge < -0.3 is 19.3 Å². The first kappa shape index (κ1) is 25.1. The average molecular weight is 507 g/mol. The molecular weight excluding hydrogens is 476 g/mol. The van der Waals surface area contributed by atoms with E-state index in [4.69, 9.17) is 9.47 Å². The SMILES string of the molecule is COc1ccccc1C(=O)N1c2ccccc2[C@@H](N(C(=O)COc2ccccc2)c2ccccc2)C[C@@H]1C. The lowest BCUT2D eigenvalue weighted by Crippen LogP contribution is -2.48. The minimum absolute atomic E-state index is 0.101. The van der Waals surface area contributed by atoms with Crippen LogP contribution in [0.2, 0.25) is 0 Å². The zero-order chi connectivity index (χ0) is 26.5. The second kappa shape index (κ2) is 11.2. The third kappa shape index (κ3) is 4.98. The molecule has 1 heterocycles. The number of amides is 2. The summed E-state index contributed by atoms with van der Waals surface area (Å²) >= 11 is 0. The van der Waals surface area contributed by atoms with Crippen LogP contribution in [0.3, 0.4) is 0 Å². The Kier molecular flexibility index (Phi) is 7.40. The summed E-state index contributed by atoms with van der Waals surface area (Å²) in [7, 11) is 1.57. The molecule has 0 saturated carbocycles. The Morgan fingerprint density at radius 3 is 2.21 bits per heavy atom. The van der Waals surface area contributed by atoms with Crippen LogP contribution in [0.25, 0.3) is 0 Å². The summed E-state index contributed by atoms with van der Waals surface area (Å²) in [5, 5.41) is 0. The first-order valence-electron chi connectivity index (χ1n) is 12.7. The van der Waals surface area contributed by atoms with Crippen molar-refractivity contribution in [2.45, 2.75) is 25.4 Å². The van der Waals surface area contributed by atoms with E-state index in [9.17, 15) is 9.59 Å². The van der Waals surface area contributed by atoms with Crippen LogP contribution in [-0.4, -0.2) is 31.6 Å². The molecule has 0 radical (unpaired) electrons. The number of fused-ring (bicyclic) bond motifs is 1. The van der Waals surface area contributed by atoms with Gasteiger partial charge in [0.25, 0.3) is 11.8 Å². The molecule has 2 amide bonds. The zero-order valence-corrected chi connectivity index (χ0v) is 21.5. The van der Waals surface area contributed by atoms with Crippen LogP contribution >= 0.6 is 0 Å². The van der Waals surface area contributed by atoms with E-state index in [0.717, 1.165) is 16.9 Å². The van der Waals surface area contributed by atoms with Crippen molar-refractivity contribution in [3.8, 4) is 11.5 Å². The fourth-order valence-corrected chi connectivity index (χ4v) is 5.10. The van der Waals surface area contributed by atoms with Gasteiger partial charge in [-0.3, -0.25) is 9.59 Å². The smallest absolute Gasteiger partial charge is 0.265 e. The minimum Gasteiger partial charge on any atom is -0.496 e.